The van der Waals surface area contributed by atoms with Crippen molar-refractivity contribution in [2.24, 2.45) is 0 Å². The van der Waals surface area contributed by atoms with Crippen LogP contribution in [0.2, 0.25) is 0 Å². The number of hydrogen-bond donors (Lipinski definition) is 1. The van der Waals surface area contributed by atoms with Crippen LogP contribution in [0, 0.1) is 13.8 Å². The van der Waals surface area contributed by atoms with E-state index in [1.54, 1.807) is 19.2 Å². The molecule has 0 bridgehead atoms. The predicted octanol–water partition coefficient (Wildman–Crippen LogP) is 3.38. The van der Waals surface area contributed by atoms with Gasteiger partial charge < -0.3 is 9.73 Å². The van der Waals surface area contributed by atoms with Gasteiger partial charge in [-0.3, -0.25) is 9.48 Å². The summed E-state index contributed by atoms with van der Waals surface area (Å²) in [6.07, 6.45) is 1.59. The maximum absolute atomic E-state index is 12.5. The monoisotopic (exact) mass is 325 g/mol. The molecule has 2 heterocycles. The summed E-state index contributed by atoms with van der Waals surface area (Å²) in [5, 5.41) is 15.0. The van der Waals surface area contributed by atoms with Crippen LogP contribution < -0.4 is 5.32 Å². The van der Waals surface area contributed by atoms with Crippen molar-refractivity contribution < 1.29 is 9.21 Å². The SMILES string of the molecule is Cc1nnc(-c2cccc(NC(=O)c3cnn(C(C)C)c3C)c2)o1. The number of anilines is 1. The van der Waals surface area contributed by atoms with E-state index in [0.29, 0.717) is 23.0 Å². The maximum atomic E-state index is 12.5. The first-order valence-corrected chi connectivity index (χ1v) is 7.71. The fraction of sp³-hybridized carbons (Fsp3) is 0.294. The number of aromatic nitrogens is 4. The van der Waals surface area contributed by atoms with Crippen LogP contribution >= 0.6 is 0 Å². The highest BCUT2D eigenvalue weighted by Crippen LogP contribution is 2.22. The van der Waals surface area contributed by atoms with Gasteiger partial charge in [-0.2, -0.15) is 5.10 Å². The average Bonchev–Trinajstić information content (AvgIpc) is 3.13. The molecule has 0 aliphatic heterocycles. The minimum Gasteiger partial charge on any atom is -0.421 e. The zero-order chi connectivity index (χ0) is 17.3. The van der Waals surface area contributed by atoms with Gasteiger partial charge in [-0.1, -0.05) is 6.07 Å². The van der Waals surface area contributed by atoms with Crippen LogP contribution in [0.4, 0.5) is 5.69 Å². The van der Waals surface area contributed by atoms with E-state index >= 15 is 0 Å². The van der Waals surface area contributed by atoms with Gasteiger partial charge >= 0.3 is 0 Å². The molecule has 0 saturated heterocycles. The summed E-state index contributed by atoms with van der Waals surface area (Å²) < 4.78 is 7.24. The largest absolute Gasteiger partial charge is 0.421 e. The Hall–Kier alpha value is -2.96. The van der Waals surface area contributed by atoms with Gasteiger partial charge in [0.05, 0.1) is 11.8 Å². The molecule has 7 nitrogen and oxygen atoms in total. The van der Waals surface area contributed by atoms with Gasteiger partial charge in [-0.15, -0.1) is 10.2 Å². The summed E-state index contributed by atoms with van der Waals surface area (Å²) in [6.45, 7) is 7.67. The van der Waals surface area contributed by atoms with Crippen LogP contribution in [0.5, 0.6) is 0 Å². The first-order valence-electron chi connectivity index (χ1n) is 7.71. The Labute approximate surface area is 139 Å². The second-order valence-electron chi connectivity index (χ2n) is 5.84. The fourth-order valence-corrected chi connectivity index (χ4v) is 2.51. The first-order chi connectivity index (χ1) is 11.5. The van der Waals surface area contributed by atoms with Crippen LogP contribution in [0.15, 0.2) is 34.9 Å². The Kier molecular flexibility index (Phi) is 4.16. The Morgan fingerprint density at radius 2 is 2.04 bits per heavy atom. The number of benzene rings is 1. The summed E-state index contributed by atoms with van der Waals surface area (Å²) in [7, 11) is 0. The Morgan fingerprint density at radius 1 is 1.25 bits per heavy atom. The highest BCUT2D eigenvalue weighted by molar-refractivity contribution is 6.05. The minimum absolute atomic E-state index is 0.196. The lowest BCUT2D eigenvalue weighted by molar-refractivity contribution is 0.102. The molecule has 2 aromatic heterocycles. The van der Waals surface area contributed by atoms with Crippen molar-refractivity contribution in [2.75, 3.05) is 5.32 Å². The van der Waals surface area contributed by atoms with Crippen LogP contribution in [0.25, 0.3) is 11.5 Å². The molecule has 3 aromatic rings. The number of nitrogens with zero attached hydrogens (tertiary/aromatic N) is 4. The van der Waals surface area contributed by atoms with E-state index in [2.05, 4.69) is 20.6 Å². The van der Waals surface area contributed by atoms with Crippen molar-refractivity contribution in [2.45, 2.75) is 33.7 Å². The van der Waals surface area contributed by atoms with Gasteiger partial charge in [-0.25, -0.2) is 0 Å². The molecule has 0 fully saturated rings. The molecule has 0 saturated carbocycles. The van der Waals surface area contributed by atoms with E-state index in [4.69, 9.17) is 4.42 Å². The molecule has 3 rings (SSSR count). The molecule has 24 heavy (non-hydrogen) atoms. The van der Waals surface area contributed by atoms with Crippen LogP contribution in [-0.4, -0.2) is 25.9 Å². The molecule has 0 aliphatic rings. The maximum Gasteiger partial charge on any atom is 0.259 e. The summed E-state index contributed by atoms with van der Waals surface area (Å²) >= 11 is 0. The molecule has 0 radical (unpaired) electrons. The summed E-state index contributed by atoms with van der Waals surface area (Å²) in [5.74, 6) is 0.724. The van der Waals surface area contributed by atoms with E-state index in [9.17, 15) is 4.79 Å². The van der Waals surface area contributed by atoms with Crippen molar-refractivity contribution >= 4 is 11.6 Å². The lowest BCUT2D eigenvalue weighted by Gasteiger charge is -2.09. The van der Waals surface area contributed by atoms with E-state index in [1.165, 1.54) is 0 Å². The zero-order valence-electron chi connectivity index (χ0n) is 14.1. The third kappa shape index (κ3) is 3.05. The number of rotatable bonds is 4. The van der Waals surface area contributed by atoms with Crippen molar-refractivity contribution in [1.82, 2.24) is 20.0 Å². The Morgan fingerprint density at radius 3 is 2.67 bits per heavy atom. The number of nitrogens with one attached hydrogen (secondary N) is 1. The Bertz CT molecular complexity index is 879. The van der Waals surface area contributed by atoms with Gasteiger partial charge in [0.15, 0.2) is 0 Å². The Balaban J connectivity index is 1.82. The molecule has 1 N–H and O–H groups in total. The van der Waals surface area contributed by atoms with Crippen LogP contribution in [0.1, 0.15) is 41.8 Å². The van der Waals surface area contributed by atoms with Gasteiger partial charge in [0.25, 0.3) is 5.91 Å². The van der Waals surface area contributed by atoms with Crippen molar-refractivity contribution in [1.29, 1.82) is 0 Å². The second kappa shape index (κ2) is 6.27. The van der Waals surface area contributed by atoms with Crippen molar-refractivity contribution in [3.05, 3.63) is 47.6 Å². The molecule has 0 aliphatic carbocycles. The topological polar surface area (TPSA) is 85.8 Å². The number of hydrogen-bond acceptors (Lipinski definition) is 5. The van der Waals surface area contributed by atoms with Gasteiger partial charge in [0.1, 0.15) is 0 Å². The smallest absolute Gasteiger partial charge is 0.259 e. The lowest BCUT2D eigenvalue weighted by Crippen LogP contribution is -2.14. The standard InChI is InChI=1S/C17H19N5O2/c1-10(2)22-11(3)15(9-18-22)16(23)19-14-7-5-6-13(8-14)17-21-20-12(4)24-17/h5-10H,1-4H3,(H,19,23). The normalized spacial score (nSPS) is 11.0. The number of carbonyl (C=O) groups is 1. The summed E-state index contributed by atoms with van der Waals surface area (Å²) in [4.78, 5) is 12.5. The van der Waals surface area contributed by atoms with E-state index in [-0.39, 0.29) is 11.9 Å². The number of carbonyl (C=O) groups excluding carboxylic acids is 1. The van der Waals surface area contributed by atoms with Gasteiger partial charge in [0.2, 0.25) is 11.8 Å². The molecular formula is C17H19N5O2. The number of aryl methyl sites for hydroxylation is 1. The molecule has 7 heteroatoms. The van der Waals surface area contributed by atoms with Crippen LogP contribution in [-0.2, 0) is 0 Å². The first kappa shape index (κ1) is 15.9. The molecular weight excluding hydrogens is 306 g/mol. The minimum atomic E-state index is -0.196. The predicted molar refractivity (Wildman–Crippen MR) is 89.8 cm³/mol. The quantitative estimate of drug-likeness (QED) is 0.794. The molecule has 124 valence electrons. The third-order valence-corrected chi connectivity index (χ3v) is 3.67. The van der Waals surface area contributed by atoms with Gasteiger partial charge in [-0.05, 0) is 39.0 Å². The molecule has 0 unspecified atom stereocenters. The van der Waals surface area contributed by atoms with Crippen molar-refractivity contribution in [3.8, 4) is 11.5 Å². The second-order valence-corrected chi connectivity index (χ2v) is 5.84. The summed E-state index contributed by atoms with van der Waals surface area (Å²) in [5.41, 5.74) is 2.81. The fourth-order valence-electron chi connectivity index (χ4n) is 2.51. The lowest BCUT2D eigenvalue weighted by atomic mass is 10.2. The highest BCUT2D eigenvalue weighted by atomic mass is 16.4. The van der Waals surface area contributed by atoms with E-state index < -0.39 is 0 Å². The third-order valence-electron chi connectivity index (χ3n) is 3.67. The van der Waals surface area contributed by atoms with Gasteiger partial charge in [0, 0.05) is 29.9 Å². The molecule has 0 spiro atoms. The summed E-state index contributed by atoms with van der Waals surface area (Å²) in [6, 6.07) is 7.50. The molecule has 1 aromatic carbocycles. The van der Waals surface area contributed by atoms with E-state index in [0.717, 1.165) is 11.3 Å². The van der Waals surface area contributed by atoms with Crippen molar-refractivity contribution in [3.63, 3.8) is 0 Å². The number of amides is 1. The zero-order valence-corrected chi connectivity index (χ0v) is 14.1. The van der Waals surface area contributed by atoms with E-state index in [1.807, 2.05) is 43.7 Å². The molecule has 1 amide bonds. The van der Waals surface area contributed by atoms with Crippen LogP contribution in [0.3, 0.4) is 0 Å². The molecule has 0 atom stereocenters. The highest BCUT2D eigenvalue weighted by Gasteiger charge is 2.16. The average molecular weight is 325 g/mol.